The van der Waals surface area contributed by atoms with Gasteiger partial charge in [-0.2, -0.15) is 0 Å². The molecule has 0 bridgehead atoms. The zero-order chi connectivity index (χ0) is 40.7. The number of carboxylic acid groups (broad SMARTS) is 1. The molecule has 0 heterocycles. The van der Waals surface area contributed by atoms with Crippen molar-refractivity contribution >= 4 is 34.8 Å². The number of Topliss-reactive ketones (excluding diaryl/α,β-unsaturated/α-hetero) is 1. The highest BCUT2D eigenvalue weighted by molar-refractivity contribution is 6.30. The van der Waals surface area contributed by atoms with Gasteiger partial charge in [-0.05, 0) is 163 Å². The van der Waals surface area contributed by atoms with E-state index in [1.54, 1.807) is 12.1 Å². The third-order valence-corrected chi connectivity index (χ3v) is 17.0. The summed E-state index contributed by atoms with van der Waals surface area (Å²) < 4.78 is 0. The first-order chi connectivity index (χ1) is 26.2. The molecule has 6 nitrogen and oxygen atoms in total. The van der Waals surface area contributed by atoms with Crippen molar-refractivity contribution in [2.45, 2.75) is 113 Å². The van der Waals surface area contributed by atoms with Crippen molar-refractivity contribution in [3.8, 4) is 0 Å². The lowest BCUT2D eigenvalue weighted by Crippen LogP contribution is -2.64. The van der Waals surface area contributed by atoms with Crippen molar-refractivity contribution in [3.63, 3.8) is 0 Å². The second-order valence-electron chi connectivity index (χ2n) is 20.2. The number of carbonyl (C=O) groups is 3. The number of allylic oxidation sites excluding steroid dienone is 3. The van der Waals surface area contributed by atoms with Crippen LogP contribution in [-0.4, -0.2) is 59.8 Å². The molecule has 1 unspecified atom stereocenters. The molecule has 1 amide bonds. The number of carbonyl (C=O) groups excluding carboxylic acids is 2. The molecule has 1 N–H and O–H groups in total. The Morgan fingerprint density at radius 2 is 1.50 bits per heavy atom. The van der Waals surface area contributed by atoms with Gasteiger partial charge in [0.1, 0.15) is 0 Å². The number of nitrogens with zero attached hydrogens (tertiary/aromatic N) is 2. The van der Waals surface area contributed by atoms with Crippen molar-refractivity contribution < 1.29 is 19.5 Å². The van der Waals surface area contributed by atoms with Crippen molar-refractivity contribution in [3.05, 3.63) is 87.5 Å². The van der Waals surface area contributed by atoms with Gasteiger partial charge in [-0.3, -0.25) is 9.59 Å². The summed E-state index contributed by atoms with van der Waals surface area (Å²) in [6, 6.07) is 15.2. The van der Waals surface area contributed by atoms with Crippen LogP contribution in [0.3, 0.4) is 0 Å². The molecule has 5 aliphatic rings. The number of amides is 1. The highest BCUT2D eigenvalue weighted by Crippen LogP contribution is 2.77. The van der Waals surface area contributed by atoms with E-state index in [2.05, 4.69) is 85.4 Å². The minimum Gasteiger partial charge on any atom is -0.478 e. The van der Waals surface area contributed by atoms with Crippen molar-refractivity contribution in [2.75, 3.05) is 27.2 Å². The van der Waals surface area contributed by atoms with Crippen molar-refractivity contribution in [2.24, 2.45) is 50.7 Å². The highest BCUT2D eigenvalue weighted by Gasteiger charge is 2.70. The van der Waals surface area contributed by atoms with Crippen LogP contribution in [0.2, 0.25) is 5.02 Å². The smallest absolute Gasteiger partial charge is 0.335 e. The number of hydrogen-bond donors (Lipinski definition) is 1. The van der Waals surface area contributed by atoms with Crippen LogP contribution in [0, 0.1) is 50.7 Å². The molecule has 0 aromatic heterocycles. The Kier molecular flexibility index (Phi) is 10.4. The predicted molar refractivity (Wildman–Crippen MR) is 226 cm³/mol. The van der Waals surface area contributed by atoms with E-state index in [-0.39, 0.29) is 51.2 Å². The number of rotatable bonds is 9. The fourth-order valence-electron chi connectivity index (χ4n) is 13.7. The molecule has 56 heavy (non-hydrogen) atoms. The van der Waals surface area contributed by atoms with Gasteiger partial charge in [-0.1, -0.05) is 90.4 Å². The van der Waals surface area contributed by atoms with E-state index in [9.17, 15) is 14.7 Å². The van der Waals surface area contributed by atoms with Crippen LogP contribution >= 0.6 is 11.6 Å². The zero-order valence-electron chi connectivity index (χ0n) is 35.6. The van der Waals surface area contributed by atoms with E-state index in [0.717, 1.165) is 61.8 Å². The van der Waals surface area contributed by atoms with Crippen LogP contribution in [0.25, 0.3) is 5.57 Å². The van der Waals surface area contributed by atoms with Crippen LogP contribution in [0.4, 0.5) is 0 Å². The van der Waals surface area contributed by atoms with Crippen LogP contribution in [0.1, 0.15) is 134 Å². The summed E-state index contributed by atoms with van der Waals surface area (Å²) in [6.45, 7) is 20.3. The van der Waals surface area contributed by atoms with Gasteiger partial charge < -0.3 is 14.9 Å². The molecule has 3 saturated carbocycles. The van der Waals surface area contributed by atoms with Crippen LogP contribution in [0.15, 0.2) is 65.8 Å². The summed E-state index contributed by atoms with van der Waals surface area (Å²) in [6.07, 6.45) is 9.78. The Hall–Kier alpha value is -3.22. The molecular weight excluding hydrogens is 716 g/mol. The molecule has 302 valence electrons. The third-order valence-electron chi connectivity index (χ3n) is 16.7. The Balaban J connectivity index is 1.27. The van der Waals surface area contributed by atoms with Gasteiger partial charge in [0.2, 0.25) is 5.91 Å². The van der Waals surface area contributed by atoms with Crippen LogP contribution in [0.5, 0.6) is 0 Å². The molecule has 0 spiro atoms. The fourth-order valence-corrected chi connectivity index (χ4v) is 13.9. The first-order valence-corrected chi connectivity index (χ1v) is 21.6. The largest absolute Gasteiger partial charge is 0.478 e. The SMILES string of the molecule is CC(C)C1=C2[C@H]3CC[C@@H]4[C@@]5(C)CC=C(c6ccc(C(=O)O)cc6)C(C)(C)[C@@H]5CC[C@@]4(C)[C@]3(C)CC[C@@]2(C(=O)N(CCN(C)C)C(C)c2ccc(Cl)cc2)CC1=O. The van der Waals surface area contributed by atoms with E-state index in [4.69, 9.17) is 11.6 Å². The van der Waals surface area contributed by atoms with Gasteiger partial charge in [-0.25, -0.2) is 4.79 Å². The second-order valence-corrected chi connectivity index (χ2v) is 20.7. The first-order valence-electron chi connectivity index (χ1n) is 21.3. The molecule has 2 aromatic carbocycles. The van der Waals surface area contributed by atoms with Crippen LogP contribution < -0.4 is 0 Å². The average molecular weight is 782 g/mol. The minimum atomic E-state index is -0.895. The topological polar surface area (TPSA) is 77.9 Å². The lowest BCUT2D eigenvalue weighted by Gasteiger charge is -2.71. The molecule has 5 aliphatic carbocycles. The Labute approximate surface area is 341 Å². The molecule has 0 aliphatic heterocycles. The average Bonchev–Trinajstić information content (AvgIpc) is 3.45. The number of ketones is 1. The first kappa shape index (κ1) is 41.0. The molecular formula is C49H65ClN2O4. The lowest BCUT2D eigenvalue weighted by molar-refractivity contribution is -0.198. The van der Waals surface area contributed by atoms with Gasteiger partial charge in [0, 0.05) is 24.5 Å². The fraction of sp³-hybridized carbons (Fsp3) is 0.612. The van der Waals surface area contributed by atoms with E-state index in [1.807, 2.05) is 36.4 Å². The van der Waals surface area contributed by atoms with E-state index >= 15 is 4.79 Å². The van der Waals surface area contributed by atoms with E-state index in [0.29, 0.717) is 41.8 Å². The summed E-state index contributed by atoms with van der Waals surface area (Å²) in [5.41, 5.74) is 5.20. The van der Waals surface area contributed by atoms with Crippen LogP contribution in [-0.2, 0) is 9.59 Å². The van der Waals surface area contributed by atoms with Gasteiger partial charge in [0.25, 0.3) is 0 Å². The third kappa shape index (κ3) is 6.09. The second kappa shape index (κ2) is 14.3. The van der Waals surface area contributed by atoms with Crippen molar-refractivity contribution in [1.82, 2.24) is 9.80 Å². The number of hydrogen-bond acceptors (Lipinski definition) is 4. The molecule has 2 aromatic rings. The Morgan fingerprint density at radius 3 is 2.11 bits per heavy atom. The summed E-state index contributed by atoms with van der Waals surface area (Å²) in [5.74, 6) is 0.653. The molecule has 0 radical (unpaired) electrons. The minimum absolute atomic E-state index is 0.0445. The quantitative estimate of drug-likeness (QED) is 0.274. The van der Waals surface area contributed by atoms with Gasteiger partial charge in [0.15, 0.2) is 5.78 Å². The Morgan fingerprint density at radius 1 is 0.839 bits per heavy atom. The van der Waals surface area contributed by atoms with Gasteiger partial charge >= 0.3 is 5.97 Å². The number of fused-ring (bicyclic) bond motifs is 7. The number of halogens is 1. The number of aromatic carboxylic acids is 1. The van der Waals surface area contributed by atoms with Gasteiger partial charge in [0.05, 0.1) is 17.0 Å². The molecule has 3 fully saturated rings. The Bertz CT molecular complexity index is 1960. The monoisotopic (exact) mass is 780 g/mol. The number of carboxylic acids is 1. The molecule has 7 heteroatoms. The standard InChI is InChI=1S/C49H65ClN2O4/c1-30(2)41-38(53)29-49(44(56)52(28-27-51(9)10)31(3)32-15-17-35(50)18-16-32)26-25-47(7)37(42(41)49)19-20-40-46(6)23-21-36(33-11-13-34(14-12-33)43(54)55)45(4,5)39(46)22-24-48(40,47)8/h11-18,21,30-31,37,39-40H,19-20,22-29H2,1-10H3,(H,54,55)/t31?,37-,39+,40-,46+,47-,48-,49-/m1/s1. The maximum absolute atomic E-state index is 15.6. The van der Waals surface area contributed by atoms with Gasteiger partial charge in [-0.15, -0.1) is 0 Å². The molecule has 8 atom stereocenters. The summed E-state index contributed by atoms with van der Waals surface area (Å²) in [5, 5.41) is 10.2. The summed E-state index contributed by atoms with van der Waals surface area (Å²) in [4.78, 5) is 45.9. The lowest BCUT2D eigenvalue weighted by atomic mass is 9.33. The normalized spacial score (nSPS) is 34.0. The number of benzene rings is 2. The van der Waals surface area contributed by atoms with Crippen molar-refractivity contribution in [1.29, 1.82) is 0 Å². The summed E-state index contributed by atoms with van der Waals surface area (Å²) >= 11 is 6.31. The number of likely N-dealkylation sites (N-methyl/N-ethyl adjacent to an activating group) is 1. The maximum Gasteiger partial charge on any atom is 0.335 e. The zero-order valence-corrected chi connectivity index (χ0v) is 36.4. The van der Waals surface area contributed by atoms with E-state index in [1.165, 1.54) is 11.1 Å². The molecule has 0 saturated heterocycles. The summed E-state index contributed by atoms with van der Waals surface area (Å²) in [7, 11) is 4.11. The van der Waals surface area contributed by atoms with E-state index < -0.39 is 11.4 Å². The highest BCUT2D eigenvalue weighted by atomic mass is 35.5. The maximum atomic E-state index is 15.6. The molecule has 7 rings (SSSR count). The predicted octanol–water partition coefficient (Wildman–Crippen LogP) is 11.2.